The Kier molecular flexibility index (Phi) is 3.19. The van der Waals surface area contributed by atoms with E-state index in [9.17, 15) is 4.79 Å². The van der Waals surface area contributed by atoms with Crippen LogP contribution >= 0.6 is 0 Å². The van der Waals surface area contributed by atoms with Gasteiger partial charge >= 0.3 is 0 Å². The highest BCUT2D eigenvalue weighted by atomic mass is 16.3. The summed E-state index contributed by atoms with van der Waals surface area (Å²) in [5.41, 5.74) is 5.72. The van der Waals surface area contributed by atoms with Crippen LogP contribution in [0.2, 0.25) is 0 Å². The first-order chi connectivity index (χ1) is 6.85. The number of aryl methyl sites for hydroxylation is 2. The van der Waals surface area contributed by atoms with E-state index in [1.807, 2.05) is 20.8 Å². The molecular weight excluding hydrogens is 192 g/mol. The van der Waals surface area contributed by atoms with Crippen LogP contribution in [0.25, 0.3) is 0 Å². The summed E-state index contributed by atoms with van der Waals surface area (Å²) in [5, 5.41) is 2.85. The number of hydrogen-bond acceptors (Lipinski definition) is 3. The Bertz CT molecular complexity index is 367. The van der Waals surface area contributed by atoms with Crippen LogP contribution in [0.4, 0.5) is 0 Å². The van der Waals surface area contributed by atoms with E-state index < -0.39 is 5.54 Å². The van der Waals surface area contributed by atoms with Crippen molar-refractivity contribution < 1.29 is 9.21 Å². The predicted octanol–water partition coefficient (Wildman–Crippen LogP) is 1.36. The number of nitrogens with one attached hydrogen (secondary N) is 1. The minimum Gasteiger partial charge on any atom is -0.466 e. The van der Waals surface area contributed by atoms with Crippen molar-refractivity contribution in [2.24, 2.45) is 5.73 Å². The second kappa shape index (κ2) is 4.06. The van der Waals surface area contributed by atoms with Gasteiger partial charge in [-0.05, 0) is 33.8 Å². The summed E-state index contributed by atoms with van der Waals surface area (Å²) in [6.07, 6.45) is 0. The molecule has 15 heavy (non-hydrogen) atoms. The summed E-state index contributed by atoms with van der Waals surface area (Å²) in [7, 11) is 0. The number of rotatable bonds is 3. The second-order valence-corrected chi connectivity index (χ2v) is 4.37. The van der Waals surface area contributed by atoms with Crippen LogP contribution in [0.1, 0.15) is 35.7 Å². The monoisotopic (exact) mass is 210 g/mol. The third-order valence-corrected chi connectivity index (χ3v) is 2.25. The van der Waals surface area contributed by atoms with E-state index in [2.05, 4.69) is 5.32 Å². The highest BCUT2D eigenvalue weighted by Gasteiger charge is 2.21. The van der Waals surface area contributed by atoms with E-state index in [0.717, 1.165) is 5.76 Å². The molecule has 1 rings (SSSR count). The third kappa shape index (κ3) is 2.83. The lowest BCUT2D eigenvalue weighted by atomic mass is 10.1. The Morgan fingerprint density at radius 2 is 2.13 bits per heavy atom. The molecule has 4 nitrogen and oxygen atoms in total. The fraction of sp³-hybridized carbons (Fsp3) is 0.545. The molecule has 0 bridgehead atoms. The summed E-state index contributed by atoms with van der Waals surface area (Å²) in [6.45, 7) is 7.75. The van der Waals surface area contributed by atoms with Crippen molar-refractivity contribution in [2.75, 3.05) is 6.54 Å². The van der Waals surface area contributed by atoms with Crippen molar-refractivity contribution in [2.45, 2.75) is 33.2 Å². The third-order valence-electron chi connectivity index (χ3n) is 2.25. The average Bonchev–Trinajstić information content (AvgIpc) is 2.45. The molecule has 0 atom stereocenters. The van der Waals surface area contributed by atoms with Crippen LogP contribution in [-0.2, 0) is 0 Å². The van der Waals surface area contributed by atoms with Gasteiger partial charge in [0.25, 0.3) is 5.91 Å². The Labute approximate surface area is 89.8 Å². The Balaban J connectivity index is 2.82. The molecule has 0 aromatic carbocycles. The van der Waals surface area contributed by atoms with Gasteiger partial charge in [-0.3, -0.25) is 4.79 Å². The first kappa shape index (κ1) is 11.8. The molecule has 84 valence electrons. The van der Waals surface area contributed by atoms with Gasteiger partial charge in [-0.2, -0.15) is 0 Å². The van der Waals surface area contributed by atoms with Crippen molar-refractivity contribution in [1.82, 2.24) is 5.32 Å². The summed E-state index contributed by atoms with van der Waals surface area (Å²) in [4.78, 5) is 11.8. The Hall–Kier alpha value is -1.29. The minimum absolute atomic E-state index is 0.139. The van der Waals surface area contributed by atoms with Gasteiger partial charge in [-0.25, -0.2) is 0 Å². The Morgan fingerprint density at radius 3 is 2.53 bits per heavy atom. The number of hydrogen-bond donors (Lipinski definition) is 2. The molecule has 0 aliphatic carbocycles. The van der Waals surface area contributed by atoms with Gasteiger partial charge in [0.1, 0.15) is 11.5 Å². The van der Waals surface area contributed by atoms with Crippen LogP contribution in [-0.4, -0.2) is 18.0 Å². The minimum atomic E-state index is -0.394. The predicted molar refractivity (Wildman–Crippen MR) is 58.8 cm³/mol. The van der Waals surface area contributed by atoms with Crippen molar-refractivity contribution in [1.29, 1.82) is 0 Å². The molecule has 0 fully saturated rings. The SMILES string of the molecule is Cc1cc(C(=O)NC(C)(C)CN)c(C)o1. The maximum absolute atomic E-state index is 11.8. The standard InChI is InChI=1S/C11H18N2O2/c1-7-5-9(8(2)15-7)10(14)13-11(3,4)6-12/h5H,6,12H2,1-4H3,(H,13,14). The van der Waals surface area contributed by atoms with E-state index >= 15 is 0 Å². The van der Waals surface area contributed by atoms with E-state index in [-0.39, 0.29) is 5.91 Å². The zero-order chi connectivity index (χ0) is 11.6. The van der Waals surface area contributed by atoms with Gasteiger partial charge in [-0.15, -0.1) is 0 Å². The van der Waals surface area contributed by atoms with Crippen LogP contribution in [0.15, 0.2) is 10.5 Å². The summed E-state index contributed by atoms with van der Waals surface area (Å²) >= 11 is 0. The molecule has 0 spiro atoms. The van der Waals surface area contributed by atoms with E-state index in [1.165, 1.54) is 0 Å². The largest absolute Gasteiger partial charge is 0.466 e. The highest BCUT2D eigenvalue weighted by Crippen LogP contribution is 2.14. The van der Waals surface area contributed by atoms with Crippen LogP contribution < -0.4 is 11.1 Å². The van der Waals surface area contributed by atoms with E-state index in [0.29, 0.717) is 17.9 Å². The number of carbonyl (C=O) groups is 1. The van der Waals surface area contributed by atoms with Gasteiger partial charge in [0.2, 0.25) is 0 Å². The number of carbonyl (C=O) groups excluding carboxylic acids is 1. The number of amides is 1. The summed E-state index contributed by atoms with van der Waals surface area (Å²) < 4.78 is 5.29. The molecule has 0 unspecified atom stereocenters. The topological polar surface area (TPSA) is 68.3 Å². The average molecular weight is 210 g/mol. The van der Waals surface area contributed by atoms with E-state index in [4.69, 9.17) is 10.2 Å². The lowest BCUT2D eigenvalue weighted by Crippen LogP contribution is -2.48. The first-order valence-corrected chi connectivity index (χ1v) is 4.95. The molecule has 3 N–H and O–H groups in total. The molecule has 1 aromatic heterocycles. The number of furan rings is 1. The van der Waals surface area contributed by atoms with Gasteiger partial charge < -0.3 is 15.5 Å². The molecule has 0 saturated carbocycles. The van der Waals surface area contributed by atoms with Crippen molar-refractivity contribution >= 4 is 5.91 Å². The zero-order valence-corrected chi connectivity index (χ0v) is 9.68. The second-order valence-electron chi connectivity index (χ2n) is 4.37. The summed E-state index contributed by atoms with van der Waals surface area (Å²) in [5.74, 6) is 1.24. The molecule has 1 aromatic rings. The maximum Gasteiger partial charge on any atom is 0.255 e. The molecule has 0 saturated heterocycles. The van der Waals surface area contributed by atoms with Gasteiger partial charge in [0.15, 0.2) is 0 Å². The first-order valence-electron chi connectivity index (χ1n) is 4.95. The molecule has 0 radical (unpaired) electrons. The van der Waals surface area contributed by atoms with Crippen molar-refractivity contribution in [3.63, 3.8) is 0 Å². The summed E-state index contributed by atoms with van der Waals surface area (Å²) in [6, 6.07) is 1.73. The van der Waals surface area contributed by atoms with E-state index in [1.54, 1.807) is 13.0 Å². The lowest BCUT2D eigenvalue weighted by molar-refractivity contribution is 0.0914. The normalized spacial score (nSPS) is 11.5. The highest BCUT2D eigenvalue weighted by molar-refractivity contribution is 5.95. The van der Waals surface area contributed by atoms with Crippen LogP contribution in [0.3, 0.4) is 0 Å². The molecular formula is C11H18N2O2. The fourth-order valence-electron chi connectivity index (χ4n) is 1.28. The smallest absolute Gasteiger partial charge is 0.255 e. The fourth-order valence-corrected chi connectivity index (χ4v) is 1.28. The molecule has 0 aliphatic rings. The van der Waals surface area contributed by atoms with Crippen LogP contribution in [0.5, 0.6) is 0 Å². The Morgan fingerprint density at radius 1 is 1.53 bits per heavy atom. The molecule has 4 heteroatoms. The van der Waals surface area contributed by atoms with Gasteiger partial charge in [0.05, 0.1) is 5.56 Å². The molecule has 1 amide bonds. The number of nitrogens with two attached hydrogens (primary N) is 1. The quantitative estimate of drug-likeness (QED) is 0.791. The maximum atomic E-state index is 11.8. The van der Waals surface area contributed by atoms with Crippen molar-refractivity contribution in [3.8, 4) is 0 Å². The van der Waals surface area contributed by atoms with Gasteiger partial charge in [0, 0.05) is 12.1 Å². The van der Waals surface area contributed by atoms with Crippen molar-refractivity contribution in [3.05, 3.63) is 23.2 Å². The zero-order valence-electron chi connectivity index (χ0n) is 9.68. The molecule has 0 aliphatic heterocycles. The van der Waals surface area contributed by atoms with Gasteiger partial charge in [-0.1, -0.05) is 0 Å². The van der Waals surface area contributed by atoms with Crippen LogP contribution in [0, 0.1) is 13.8 Å². The molecule has 1 heterocycles. The lowest BCUT2D eigenvalue weighted by Gasteiger charge is -2.23.